The second-order valence-corrected chi connectivity index (χ2v) is 11.4. The third-order valence-electron chi connectivity index (χ3n) is 4.82. The van der Waals surface area contributed by atoms with Gasteiger partial charge in [0.05, 0.1) is 10.6 Å². The monoisotopic (exact) mass is 502 g/mol. The van der Waals surface area contributed by atoms with Gasteiger partial charge in [0.2, 0.25) is 15.9 Å². The van der Waals surface area contributed by atoms with E-state index in [0.29, 0.717) is 17.1 Å². The van der Waals surface area contributed by atoms with E-state index in [1.165, 1.54) is 23.9 Å². The molecule has 3 aromatic rings. The minimum Gasteiger partial charge on any atom is -0.324 e. The topological polar surface area (TPSA) is 75.3 Å². The molecule has 1 atom stereocenters. The molecule has 33 heavy (non-hydrogen) atoms. The molecule has 0 radical (unpaired) electrons. The molecule has 0 aliphatic carbocycles. The summed E-state index contributed by atoms with van der Waals surface area (Å²) in [6.45, 7) is 5.77. The minimum atomic E-state index is -3.87. The van der Waals surface area contributed by atoms with E-state index in [-0.39, 0.29) is 10.8 Å². The number of nitrogens with one attached hydrogen (secondary N) is 2. The Morgan fingerprint density at radius 1 is 1.00 bits per heavy atom. The van der Waals surface area contributed by atoms with Gasteiger partial charge in [-0.3, -0.25) is 4.79 Å². The zero-order valence-corrected chi connectivity index (χ0v) is 21.1. The molecule has 1 amide bonds. The van der Waals surface area contributed by atoms with Gasteiger partial charge in [-0.05, 0) is 61.7 Å². The summed E-state index contributed by atoms with van der Waals surface area (Å²) >= 11 is 7.68. The van der Waals surface area contributed by atoms with Crippen molar-refractivity contribution in [2.75, 3.05) is 5.32 Å². The fourth-order valence-corrected chi connectivity index (χ4v) is 5.46. The number of carbonyl (C=O) groups excluding carboxylic acids is 1. The first kappa shape index (κ1) is 25.3. The van der Waals surface area contributed by atoms with Crippen molar-refractivity contribution < 1.29 is 13.2 Å². The lowest BCUT2D eigenvalue weighted by Gasteiger charge is -2.21. The van der Waals surface area contributed by atoms with Gasteiger partial charge in [-0.2, -0.15) is 4.72 Å². The highest BCUT2D eigenvalue weighted by molar-refractivity contribution is 7.99. The van der Waals surface area contributed by atoms with Crippen molar-refractivity contribution in [1.29, 1.82) is 0 Å². The van der Waals surface area contributed by atoms with Crippen molar-refractivity contribution in [3.63, 3.8) is 0 Å². The molecule has 0 aliphatic rings. The standard InChI is InChI=1S/C25H27ClN2O3S2/c1-17(2)15-23(28-33(30,31)21-12-9-18(3)10-13-21)25(29)27-22-16-19(26)11-14-24(22)32-20-7-5-4-6-8-20/h4-14,16-17,23,28H,15H2,1-3H3,(H,27,29)/t23-/m0/s1. The Morgan fingerprint density at radius 3 is 2.30 bits per heavy atom. The normalized spacial score (nSPS) is 12.5. The van der Waals surface area contributed by atoms with Crippen molar-refractivity contribution >= 4 is 45.0 Å². The smallest absolute Gasteiger partial charge is 0.242 e. The number of rotatable bonds is 9. The highest BCUT2D eigenvalue weighted by Crippen LogP contribution is 2.35. The van der Waals surface area contributed by atoms with E-state index in [0.717, 1.165) is 15.4 Å². The molecule has 0 spiro atoms. The first-order chi connectivity index (χ1) is 15.6. The summed E-state index contributed by atoms with van der Waals surface area (Å²) in [6, 6.07) is 20.6. The van der Waals surface area contributed by atoms with Crippen LogP contribution in [0.15, 0.2) is 87.5 Å². The molecule has 0 aliphatic heterocycles. The lowest BCUT2D eigenvalue weighted by atomic mass is 10.0. The van der Waals surface area contributed by atoms with Gasteiger partial charge < -0.3 is 5.32 Å². The average molecular weight is 503 g/mol. The average Bonchev–Trinajstić information content (AvgIpc) is 2.76. The van der Waals surface area contributed by atoms with Crippen LogP contribution < -0.4 is 10.0 Å². The highest BCUT2D eigenvalue weighted by atomic mass is 35.5. The molecule has 0 saturated carbocycles. The number of hydrogen-bond acceptors (Lipinski definition) is 4. The molecule has 0 saturated heterocycles. The minimum absolute atomic E-state index is 0.0963. The maximum Gasteiger partial charge on any atom is 0.242 e. The molecule has 8 heteroatoms. The van der Waals surface area contributed by atoms with E-state index < -0.39 is 22.0 Å². The Balaban J connectivity index is 1.84. The van der Waals surface area contributed by atoms with Crippen molar-refractivity contribution in [1.82, 2.24) is 4.72 Å². The van der Waals surface area contributed by atoms with Crippen molar-refractivity contribution in [2.24, 2.45) is 5.92 Å². The Morgan fingerprint density at radius 2 is 1.67 bits per heavy atom. The zero-order chi connectivity index (χ0) is 24.0. The van der Waals surface area contributed by atoms with Crippen LogP contribution in [0.2, 0.25) is 5.02 Å². The van der Waals surface area contributed by atoms with Crippen LogP contribution in [-0.4, -0.2) is 20.4 Å². The molecule has 0 aromatic heterocycles. The van der Waals surface area contributed by atoms with E-state index in [4.69, 9.17) is 11.6 Å². The van der Waals surface area contributed by atoms with Crippen LogP contribution in [0.5, 0.6) is 0 Å². The van der Waals surface area contributed by atoms with Gasteiger partial charge in [-0.1, -0.05) is 73.1 Å². The fraction of sp³-hybridized carbons (Fsp3) is 0.240. The number of aryl methyl sites for hydroxylation is 1. The quantitative estimate of drug-likeness (QED) is 0.369. The molecule has 0 heterocycles. The predicted octanol–water partition coefficient (Wildman–Crippen LogP) is 6.13. The summed E-state index contributed by atoms with van der Waals surface area (Å²) in [4.78, 5) is 15.2. The fourth-order valence-electron chi connectivity index (χ4n) is 3.18. The van der Waals surface area contributed by atoms with Gasteiger partial charge in [0.15, 0.2) is 0 Å². The zero-order valence-electron chi connectivity index (χ0n) is 18.7. The molecular weight excluding hydrogens is 476 g/mol. The summed E-state index contributed by atoms with van der Waals surface area (Å²) in [6.07, 6.45) is 0.346. The Kier molecular flexibility index (Phi) is 8.59. The van der Waals surface area contributed by atoms with E-state index in [1.807, 2.05) is 57.2 Å². The van der Waals surface area contributed by atoms with Crippen LogP contribution in [0, 0.1) is 12.8 Å². The van der Waals surface area contributed by atoms with Gasteiger partial charge in [0.25, 0.3) is 0 Å². The summed E-state index contributed by atoms with van der Waals surface area (Å²) in [5.41, 5.74) is 1.49. The summed E-state index contributed by atoms with van der Waals surface area (Å²) in [5, 5.41) is 3.36. The van der Waals surface area contributed by atoms with Crippen molar-refractivity contribution in [2.45, 2.75) is 47.9 Å². The molecule has 2 N–H and O–H groups in total. The van der Waals surface area contributed by atoms with Crippen LogP contribution in [-0.2, 0) is 14.8 Å². The Bertz CT molecular complexity index is 1200. The number of anilines is 1. The van der Waals surface area contributed by atoms with Gasteiger partial charge in [0.1, 0.15) is 6.04 Å². The number of hydrogen-bond donors (Lipinski definition) is 2. The number of amides is 1. The number of halogens is 1. The third-order valence-corrected chi connectivity index (χ3v) is 7.63. The van der Waals surface area contributed by atoms with E-state index in [2.05, 4.69) is 10.0 Å². The van der Waals surface area contributed by atoms with Crippen LogP contribution in [0.3, 0.4) is 0 Å². The van der Waals surface area contributed by atoms with E-state index >= 15 is 0 Å². The number of sulfonamides is 1. The van der Waals surface area contributed by atoms with Gasteiger partial charge >= 0.3 is 0 Å². The molecular formula is C25H27ClN2O3S2. The van der Waals surface area contributed by atoms with E-state index in [1.54, 1.807) is 24.3 Å². The number of carbonyl (C=O) groups is 1. The van der Waals surface area contributed by atoms with Crippen LogP contribution in [0.1, 0.15) is 25.8 Å². The second-order valence-electron chi connectivity index (χ2n) is 8.16. The van der Waals surface area contributed by atoms with Crippen LogP contribution >= 0.6 is 23.4 Å². The van der Waals surface area contributed by atoms with Crippen LogP contribution in [0.4, 0.5) is 5.69 Å². The molecule has 0 bridgehead atoms. The Hall–Kier alpha value is -2.32. The van der Waals surface area contributed by atoms with Gasteiger partial charge in [-0.25, -0.2) is 8.42 Å². The molecule has 0 unspecified atom stereocenters. The van der Waals surface area contributed by atoms with Crippen molar-refractivity contribution in [3.05, 3.63) is 83.4 Å². The third kappa shape index (κ3) is 7.33. The first-order valence-electron chi connectivity index (χ1n) is 10.6. The molecule has 5 nitrogen and oxygen atoms in total. The SMILES string of the molecule is Cc1ccc(S(=O)(=O)N[C@@H](CC(C)C)C(=O)Nc2cc(Cl)ccc2Sc2ccccc2)cc1. The lowest BCUT2D eigenvalue weighted by molar-refractivity contribution is -0.118. The number of benzene rings is 3. The Labute approximate surface area is 205 Å². The van der Waals surface area contributed by atoms with E-state index in [9.17, 15) is 13.2 Å². The lowest BCUT2D eigenvalue weighted by Crippen LogP contribution is -2.44. The van der Waals surface area contributed by atoms with Crippen LogP contribution in [0.25, 0.3) is 0 Å². The molecule has 174 valence electrons. The van der Waals surface area contributed by atoms with Gasteiger partial charge in [-0.15, -0.1) is 0 Å². The largest absolute Gasteiger partial charge is 0.324 e. The van der Waals surface area contributed by atoms with Gasteiger partial charge in [0, 0.05) is 14.8 Å². The second kappa shape index (κ2) is 11.2. The maximum atomic E-state index is 13.2. The predicted molar refractivity (Wildman–Crippen MR) is 135 cm³/mol. The maximum absolute atomic E-state index is 13.2. The summed E-state index contributed by atoms with van der Waals surface area (Å²) in [7, 11) is -3.87. The summed E-state index contributed by atoms with van der Waals surface area (Å²) in [5.74, 6) is -0.337. The molecule has 3 aromatic carbocycles. The summed E-state index contributed by atoms with van der Waals surface area (Å²) < 4.78 is 28.5. The highest BCUT2D eigenvalue weighted by Gasteiger charge is 2.27. The first-order valence-corrected chi connectivity index (χ1v) is 13.2. The molecule has 3 rings (SSSR count). The molecule has 0 fully saturated rings. The van der Waals surface area contributed by atoms with Crippen molar-refractivity contribution in [3.8, 4) is 0 Å².